The number of ether oxygens (including phenoxy) is 1. The molecule has 0 unspecified atom stereocenters. The van der Waals surface area contributed by atoms with E-state index < -0.39 is 5.97 Å². The summed E-state index contributed by atoms with van der Waals surface area (Å²) in [5.41, 5.74) is 2.60. The number of rotatable bonds is 8. The summed E-state index contributed by atoms with van der Waals surface area (Å²) in [7, 11) is 0. The van der Waals surface area contributed by atoms with Crippen LogP contribution >= 0.6 is 0 Å². The van der Waals surface area contributed by atoms with Crippen LogP contribution in [0.25, 0.3) is 0 Å². The van der Waals surface area contributed by atoms with Crippen molar-refractivity contribution in [2.45, 2.75) is 33.6 Å². The number of hydrogen-bond acceptors (Lipinski definition) is 6. The van der Waals surface area contributed by atoms with E-state index >= 15 is 0 Å². The van der Waals surface area contributed by atoms with Crippen LogP contribution in [0.5, 0.6) is 0 Å². The summed E-state index contributed by atoms with van der Waals surface area (Å²) >= 11 is 0. The molecule has 0 atom stereocenters. The molecule has 26 heavy (non-hydrogen) atoms. The molecule has 1 amide bonds. The third kappa shape index (κ3) is 5.84. The van der Waals surface area contributed by atoms with E-state index in [4.69, 9.17) is 4.74 Å². The minimum Gasteiger partial charge on any atom is -0.462 e. The third-order valence-corrected chi connectivity index (χ3v) is 3.54. The van der Waals surface area contributed by atoms with Gasteiger partial charge in [0.2, 0.25) is 11.9 Å². The van der Waals surface area contributed by atoms with Crippen molar-refractivity contribution in [1.82, 2.24) is 9.97 Å². The molecule has 7 heteroatoms. The molecule has 0 aliphatic rings. The number of esters is 1. The minimum absolute atomic E-state index is 0.162. The van der Waals surface area contributed by atoms with Crippen LogP contribution in [-0.4, -0.2) is 35.0 Å². The average molecular weight is 356 g/mol. The molecule has 2 rings (SSSR count). The maximum absolute atomic E-state index is 12.1. The third-order valence-electron chi connectivity index (χ3n) is 3.54. The van der Waals surface area contributed by atoms with Crippen LogP contribution in [0.2, 0.25) is 0 Å². The van der Waals surface area contributed by atoms with E-state index in [1.165, 1.54) is 0 Å². The zero-order chi connectivity index (χ0) is 18.9. The van der Waals surface area contributed by atoms with E-state index in [-0.39, 0.29) is 12.5 Å². The second-order valence-corrected chi connectivity index (χ2v) is 5.82. The van der Waals surface area contributed by atoms with Crippen molar-refractivity contribution in [3.05, 3.63) is 47.3 Å². The van der Waals surface area contributed by atoms with Crippen molar-refractivity contribution < 1.29 is 14.3 Å². The lowest BCUT2D eigenvalue weighted by Crippen LogP contribution is -2.17. The molecule has 0 fully saturated rings. The molecule has 0 saturated carbocycles. The van der Waals surface area contributed by atoms with Crippen molar-refractivity contribution in [3.63, 3.8) is 0 Å². The van der Waals surface area contributed by atoms with E-state index in [0.717, 1.165) is 11.4 Å². The molecule has 2 aromatic rings. The Hall–Kier alpha value is -2.96. The number of amides is 1. The van der Waals surface area contributed by atoms with Crippen LogP contribution < -0.4 is 10.6 Å². The largest absolute Gasteiger partial charge is 0.462 e. The minimum atomic E-state index is -0.447. The summed E-state index contributed by atoms with van der Waals surface area (Å²) in [4.78, 5) is 32.6. The zero-order valence-corrected chi connectivity index (χ0v) is 15.3. The van der Waals surface area contributed by atoms with Gasteiger partial charge in [-0.15, -0.1) is 0 Å². The van der Waals surface area contributed by atoms with Gasteiger partial charge in [0.25, 0.3) is 0 Å². The molecular weight excluding hydrogens is 332 g/mol. The summed E-state index contributed by atoms with van der Waals surface area (Å²) in [6.45, 7) is 6.43. The smallest absolute Gasteiger partial charge is 0.340 e. The van der Waals surface area contributed by atoms with Gasteiger partial charge in [0.1, 0.15) is 0 Å². The van der Waals surface area contributed by atoms with E-state index in [9.17, 15) is 9.59 Å². The Kier molecular flexibility index (Phi) is 7.08. The maximum atomic E-state index is 12.1. The summed E-state index contributed by atoms with van der Waals surface area (Å²) < 4.78 is 5.00. The van der Waals surface area contributed by atoms with Crippen LogP contribution in [0.3, 0.4) is 0 Å². The van der Waals surface area contributed by atoms with Crippen LogP contribution in [0.15, 0.2) is 30.3 Å². The second kappa shape index (κ2) is 9.50. The van der Waals surface area contributed by atoms with E-state index in [0.29, 0.717) is 36.6 Å². The highest BCUT2D eigenvalue weighted by Gasteiger charge is 2.13. The van der Waals surface area contributed by atoms with Gasteiger partial charge in [0, 0.05) is 24.4 Å². The zero-order valence-electron chi connectivity index (χ0n) is 15.3. The molecule has 0 bridgehead atoms. The van der Waals surface area contributed by atoms with Gasteiger partial charge in [-0.25, -0.2) is 14.8 Å². The van der Waals surface area contributed by atoms with Crippen molar-refractivity contribution in [3.8, 4) is 0 Å². The van der Waals surface area contributed by atoms with E-state index in [1.807, 2.05) is 19.9 Å². The number of carbonyl (C=O) groups excluding carboxylic acids is 2. The molecule has 1 aromatic carbocycles. The first-order chi connectivity index (χ1) is 12.5. The van der Waals surface area contributed by atoms with Crippen molar-refractivity contribution in [1.29, 1.82) is 0 Å². The SMILES string of the molecule is CCOC(=O)c1ccccc1NC(=O)CCCNc1nc(C)cc(C)n1. The number of carbonyl (C=O) groups is 2. The molecule has 7 nitrogen and oxygen atoms in total. The van der Waals surface area contributed by atoms with Gasteiger partial charge in [-0.05, 0) is 45.4 Å². The van der Waals surface area contributed by atoms with Gasteiger partial charge in [-0.3, -0.25) is 4.79 Å². The molecule has 1 heterocycles. The fourth-order valence-corrected chi connectivity index (χ4v) is 2.45. The standard InChI is InChI=1S/C19H24N4O3/c1-4-26-18(25)15-8-5-6-9-16(15)23-17(24)10-7-11-20-19-21-13(2)12-14(3)22-19/h5-6,8-9,12H,4,7,10-11H2,1-3H3,(H,23,24)(H,20,21,22). The first-order valence-electron chi connectivity index (χ1n) is 8.61. The van der Waals surface area contributed by atoms with Gasteiger partial charge in [0.15, 0.2) is 0 Å². The lowest BCUT2D eigenvalue weighted by Gasteiger charge is -2.10. The van der Waals surface area contributed by atoms with Gasteiger partial charge in [-0.2, -0.15) is 0 Å². The van der Waals surface area contributed by atoms with Crippen molar-refractivity contribution in [2.24, 2.45) is 0 Å². The molecule has 1 aromatic heterocycles. The monoisotopic (exact) mass is 356 g/mol. The average Bonchev–Trinajstić information content (AvgIpc) is 2.58. The van der Waals surface area contributed by atoms with Crippen LogP contribution in [-0.2, 0) is 9.53 Å². The lowest BCUT2D eigenvalue weighted by molar-refractivity contribution is -0.116. The number of nitrogens with zero attached hydrogens (tertiary/aromatic N) is 2. The molecule has 0 aliphatic carbocycles. The van der Waals surface area contributed by atoms with Gasteiger partial charge < -0.3 is 15.4 Å². The Balaban J connectivity index is 1.83. The lowest BCUT2D eigenvalue weighted by atomic mass is 10.1. The van der Waals surface area contributed by atoms with Gasteiger partial charge in [-0.1, -0.05) is 12.1 Å². The fourth-order valence-electron chi connectivity index (χ4n) is 2.45. The molecule has 0 spiro atoms. The predicted molar refractivity (Wildman–Crippen MR) is 100 cm³/mol. The fraction of sp³-hybridized carbons (Fsp3) is 0.368. The molecule has 0 saturated heterocycles. The quantitative estimate of drug-likeness (QED) is 0.558. The molecule has 0 radical (unpaired) electrons. The number of para-hydroxylation sites is 1. The number of aromatic nitrogens is 2. The van der Waals surface area contributed by atoms with E-state index in [2.05, 4.69) is 20.6 Å². The van der Waals surface area contributed by atoms with Gasteiger partial charge >= 0.3 is 5.97 Å². The summed E-state index contributed by atoms with van der Waals surface area (Å²) in [6, 6.07) is 8.71. The first kappa shape index (κ1) is 19.4. The van der Waals surface area contributed by atoms with Crippen molar-refractivity contribution >= 4 is 23.5 Å². The van der Waals surface area contributed by atoms with Crippen LogP contribution in [0.4, 0.5) is 11.6 Å². The highest BCUT2D eigenvalue weighted by atomic mass is 16.5. The number of benzene rings is 1. The second-order valence-electron chi connectivity index (χ2n) is 5.82. The Bertz CT molecular complexity index is 757. The molecule has 2 N–H and O–H groups in total. The number of hydrogen-bond donors (Lipinski definition) is 2. The van der Waals surface area contributed by atoms with Crippen molar-refractivity contribution in [2.75, 3.05) is 23.8 Å². The maximum Gasteiger partial charge on any atom is 0.340 e. The normalized spacial score (nSPS) is 10.3. The summed E-state index contributed by atoms with van der Waals surface area (Å²) in [6.07, 6.45) is 0.929. The Labute approximate surface area is 153 Å². The Morgan fingerprint density at radius 1 is 1.12 bits per heavy atom. The predicted octanol–water partition coefficient (Wildman–Crippen LogP) is 3.10. The number of aryl methyl sites for hydroxylation is 2. The summed E-state index contributed by atoms with van der Waals surface area (Å²) in [5, 5.41) is 5.88. The van der Waals surface area contributed by atoms with Gasteiger partial charge in [0.05, 0.1) is 17.9 Å². The van der Waals surface area contributed by atoms with Crippen LogP contribution in [0.1, 0.15) is 41.5 Å². The molecular formula is C19H24N4O3. The highest BCUT2D eigenvalue weighted by Crippen LogP contribution is 2.16. The highest BCUT2D eigenvalue weighted by molar-refractivity contribution is 6.01. The number of anilines is 2. The Morgan fingerprint density at radius 3 is 2.50 bits per heavy atom. The first-order valence-corrected chi connectivity index (χ1v) is 8.61. The molecule has 0 aliphatic heterocycles. The van der Waals surface area contributed by atoms with E-state index in [1.54, 1.807) is 31.2 Å². The topological polar surface area (TPSA) is 93.2 Å². The summed E-state index contributed by atoms with van der Waals surface area (Å²) in [5.74, 6) is -0.0440. The number of nitrogens with one attached hydrogen (secondary N) is 2. The van der Waals surface area contributed by atoms with Crippen LogP contribution in [0, 0.1) is 13.8 Å². The molecule has 138 valence electrons. The Morgan fingerprint density at radius 2 is 1.81 bits per heavy atom.